The molecular weight excluding hydrogens is 508 g/mol. The van der Waals surface area contributed by atoms with Crippen LogP contribution in [0.15, 0.2) is 94.9 Å². The molecule has 0 radical (unpaired) electrons. The Morgan fingerprint density at radius 2 is 1.56 bits per heavy atom. The third-order valence-electron chi connectivity index (χ3n) is 6.81. The van der Waals surface area contributed by atoms with Crippen LogP contribution >= 0.6 is 0 Å². The fourth-order valence-corrected chi connectivity index (χ4v) is 5.89. The second-order valence-corrected chi connectivity index (χ2v) is 11.5. The summed E-state index contributed by atoms with van der Waals surface area (Å²) in [6, 6.07) is 26.1. The fraction of sp³-hybridized carbons (Fsp3) is 0.226. The van der Waals surface area contributed by atoms with E-state index in [9.17, 15) is 13.2 Å². The zero-order chi connectivity index (χ0) is 28.0. The maximum atomic E-state index is 13.4. The molecule has 0 aliphatic heterocycles. The van der Waals surface area contributed by atoms with Gasteiger partial charge in [0.1, 0.15) is 0 Å². The zero-order valence-corrected chi connectivity index (χ0v) is 23.6. The first-order chi connectivity index (χ1) is 18.7. The maximum absolute atomic E-state index is 13.4. The van der Waals surface area contributed by atoms with E-state index in [-0.39, 0.29) is 18.0 Å². The van der Waals surface area contributed by atoms with Gasteiger partial charge < -0.3 is 4.57 Å². The van der Waals surface area contributed by atoms with Gasteiger partial charge >= 0.3 is 0 Å². The van der Waals surface area contributed by atoms with Crippen molar-refractivity contribution in [2.75, 3.05) is 13.1 Å². The van der Waals surface area contributed by atoms with E-state index >= 15 is 0 Å². The van der Waals surface area contributed by atoms with Gasteiger partial charge in [0.25, 0.3) is 5.91 Å². The largest absolute Gasteiger partial charge is 0.318 e. The molecule has 0 aliphatic carbocycles. The lowest BCUT2D eigenvalue weighted by Crippen LogP contribution is -2.40. The van der Waals surface area contributed by atoms with Gasteiger partial charge in [0, 0.05) is 29.2 Å². The molecule has 0 saturated heterocycles. The minimum atomic E-state index is -3.87. The zero-order valence-electron chi connectivity index (χ0n) is 22.8. The Kier molecular flexibility index (Phi) is 8.79. The number of carbonyl (C=O) groups is 1. The molecule has 0 fully saturated rings. The molecular formula is C31H34N4O3S. The number of sulfonamides is 1. The van der Waals surface area contributed by atoms with Crippen molar-refractivity contribution in [2.24, 2.45) is 5.10 Å². The van der Waals surface area contributed by atoms with Crippen LogP contribution in [0, 0.1) is 27.7 Å². The molecule has 8 heteroatoms. The summed E-state index contributed by atoms with van der Waals surface area (Å²) in [5.41, 5.74) is 9.91. The molecule has 4 rings (SSSR count). The lowest BCUT2D eigenvalue weighted by atomic mass is 10.1. The standard InChI is InChI=1S/C31H34N4O3S/c1-23-15-16-29(19-24(23)2)35-25(3)20-28(26(35)4)21-32-33-31(36)22-34(18-17-27-11-7-5-8-12-27)39(37,38)30-13-9-6-10-14-30/h5-16,19-21H,17-18,22H2,1-4H3,(H,33,36)/b32-21-. The van der Waals surface area contributed by atoms with Crippen LogP contribution in [-0.4, -0.2) is 42.5 Å². The van der Waals surface area contributed by atoms with Crippen LogP contribution < -0.4 is 5.43 Å². The van der Waals surface area contributed by atoms with Crippen molar-refractivity contribution in [3.8, 4) is 5.69 Å². The van der Waals surface area contributed by atoms with Crippen molar-refractivity contribution >= 4 is 22.1 Å². The van der Waals surface area contributed by atoms with E-state index in [2.05, 4.69) is 47.1 Å². The molecule has 1 heterocycles. The molecule has 7 nitrogen and oxygen atoms in total. The minimum absolute atomic E-state index is 0.146. The number of aromatic nitrogens is 1. The molecule has 3 aromatic carbocycles. The van der Waals surface area contributed by atoms with Crippen LogP contribution in [0.1, 0.15) is 33.6 Å². The number of amides is 1. The molecule has 1 N–H and O–H groups in total. The monoisotopic (exact) mass is 542 g/mol. The van der Waals surface area contributed by atoms with Gasteiger partial charge in [-0.3, -0.25) is 4.79 Å². The Morgan fingerprint density at radius 1 is 0.897 bits per heavy atom. The molecule has 0 spiro atoms. The van der Waals surface area contributed by atoms with E-state index in [1.165, 1.54) is 27.6 Å². The van der Waals surface area contributed by atoms with Crippen molar-refractivity contribution < 1.29 is 13.2 Å². The predicted octanol–water partition coefficient (Wildman–Crippen LogP) is 5.09. The second kappa shape index (κ2) is 12.2. The van der Waals surface area contributed by atoms with Crippen molar-refractivity contribution in [2.45, 2.75) is 39.0 Å². The fourth-order valence-electron chi connectivity index (χ4n) is 4.47. The number of aryl methyl sites for hydroxylation is 3. The predicted molar refractivity (Wildman–Crippen MR) is 156 cm³/mol. The van der Waals surface area contributed by atoms with E-state index in [1.807, 2.05) is 50.2 Å². The van der Waals surface area contributed by atoms with Crippen LogP contribution in [0.3, 0.4) is 0 Å². The third-order valence-corrected chi connectivity index (χ3v) is 8.66. The minimum Gasteiger partial charge on any atom is -0.318 e. The van der Waals surface area contributed by atoms with E-state index in [4.69, 9.17) is 0 Å². The number of nitrogens with zero attached hydrogens (tertiary/aromatic N) is 3. The number of nitrogens with one attached hydrogen (secondary N) is 1. The number of hydrogen-bond donors (Lipinski definition) is 1. The molecule has 0 aliphatic rings. The van der Waals surface area contributed by atoms with Crippen LogP contribution in [0.25, 0.3) is 5.69 Å². The Balaban J connectivity index is 1.48. The summed E-state index contributed by atoms with van der Waals surface area (Å²) in [6.07, 6.45) is 2.08. The summed E-state index contributed by atoms with van der Waals surface area (Å²) in [5.74, 6) is -0.512. The highest BCUT2D eigenvalue weighted by atomic mass is 32.2. The number of hydrazone groups is 1. The number of rotatable bonds is 10. The van der Waals surface area contributed by atoms with Gasteiger partial charge in [0.15, 0.2) is 0 Å². The summed E-state index contributed by atoms with van der Waals surface area (Å²) in [6.45, 7) is 8.02. The van der Waals surface area contributed by atoms with Gasteiger partial charge in [-0.15, -0.1) is 0 Å². The van der Waals surface area contributed by atoms with Crippen LogP contribution in [0.2, 0.25) is 0 Å². The van der Waals surface area contributed by atoms with Gasteiger partial charge in [-0.05, 0) is 81.1 Å². The van der Waals surface area contributed by atoms with Gasteiger partial charge in [0.2, 0.25) is 10.0 Å². The van der Waals surface area contributed by atoms with E-state index < -0.39 is 15.9 Å². The number of benzene rings is 3. The topological polar surface area (TPSA) is 83.8 Å². The van der Waals surface area contributed by atoms with Crippen LogP contribution in [0.4, 0.5) is 0 Å². The van der Waals surface area contributed by atoms with Crippen molar-refractivity contribution in [3.63, 3.8) is 0 Å². The third kappa shape index (κ3) is 6.71. The highest BCUT2D eigenvalue weighted by Gasteiger charge is 2.26. The first-order valence-corrected chi connectivity index (χ1v) is 14.3. The molecule has 4 aromatic rings. The Hall–Kier alpha value is -4.01. The second-order valence-electron chi connectivity index (χ2n) is 9.61. The lowest BCUT2D eigenvalue weighted by molar-refractivity contribution is -0.121. The summed E-state index contributed by atoms with van der Waals surface area (Å²) in [4.78, 5) is 13.0. The quantitative estimate of drug-likeness (QED) is 0.224. The summed E-state index contributed by atoms with van der Waals surface area (Å²) >= 11 is 0. The summed E-state index contributed by atoms with van der Waals surface area (Å²) in [7, 11) is -3.87. The first-order valence-electron chi connectivity index (χ1n) is 12.8. The van der Waals surface area contributed by atoms with Gasteiger partial charge in [-0.2, -0.15) is 9.41 Å². The van der Waals surface area contributed by atoms with Gasteiger partial charge in [0.05, 0.1) is 17.7 Å². The maximum Gasteiger partial charge on any atom is 0.255 e. The van der Waals surface area contributed by atoms with Crippen molar-refractivity contribution in [1.82, 2.24) is 14.3 Å². The lowest BCUT2D eigenvalue weighted by Gasteiger charge is -2.21. The molecule has 0 atom stereocenters. The van der Waals surface area contributed by atoms with Crippen molar-refractivity contribution in [1.29, 1.82) is 0 Å². The first kappa shape index (κ1) is 28.0. The molecule has 202 valence electrons. The smallest absolute Gasteiger partial charge is 0.255 e. The summed E-state index contributed by atoms with van der Waals surface area (Å²) in [5, 5.41) is 4.15. The van der Waals surface area contributed by atoms with Gasteiger partial charge in [-0.1, -0.05) is 54.6 Å². The molecule has 1 amide bonds. The van der Waals surface area contributed by atoms with E-state index in [0.717, 1.165) is 28.2 Å². The van der Waals surface area contributed by atoms with Crippen LogP contribution in [-0.2, 0) is 21.2 Å². The van der Waals surface area contributed by atoms with Gasteiger partial charge in [-0.25, -0.2) is 13.8 Å². The number of hydrogen-bond acceptors (Lipinski definition) is 4. The van der Waals surface area contributed by atoms with Crippen molar-refractivity contribution in [3.05, 3.63) is 119 Å². The Bertz CT molecular complexity index is 1580. The molecule has 39 heavy (non-hydrogen) atoms. The molecule has 0 bridgehead atoms. The van der Waals surface area contributed by atoms with E-state index in [1.54, 1.807) is 24.4 Å². The SMILES string of the molecule is Cc1ccc(-n2c(C)cc(/C=N\NC(=O)CN(CCc3ccccc3)S(=O)(=O)c3ccccc3)c2C)cc1C. The van der Waals surface area contributed by atoms with Crippen LogP contribution in [0.5, 0.6) is 0 Å². The Morgan fingerprint density at radius 3 is 2.23 bits per heavy atom. The van der Waals surface area contributed by atoms with E-state index in [0.29, 0.717) is 6.42 Å². The number of carbonyl (C=O) groups excluding carboxylic acids is 1. The highest BCUT2D eigenvalue weighted by Crippen LogP contribution is 2.22. The normalized spacial score (nSPS) is 11.8. The Labute approximate surface area is 230 Å². The average Bonchev–Trinajstić information content (AvgIpc) is 3.21. The molecule has 0 unspecified atom stereocenters. The molecule has 0 saturated carbocycles. The average molecular weight is 543 g/mol. The molecule has 1 aromatic heterocycles. The summed E-state index contributed by atoms with van der Waals surface area (Å²) < 4.78 is 30.1. The highest BCUT2D eigenvalue weighted by molar-refractivity contribution is 7.89.